The lowest BCUT2D eigenvalue weighted by molar-refractivity contribution is -0.137. The fraction of sp³-hybridized carbons (Fsp3) is 0.190. The molecule has 1 unspecified atom stereocenters. The predicted octanol–water partition coefficient (Wildman–Crippen LogP) is 4.97. The van der Waals surface area contributed by atoms with Gasteiger partial charge in [0.25, 0.3) is 0 Å². The zero-order valence-corrected chi connectivity index (χ0v) is 16.5. The monoisotopic (exact) mass is 431 g/mol. The quantitative estimate of drug-likeness (QED) is 0.419. The van der Waals surface area contributed by atoms with Crippen molar-refractivity contribution in [1.82, 2.24) is 24.5 Å². The van der Waals surface area contributed by atoms with Gasteiger partial charge >= 0.3 is 6.18 Å². The van der Waals surface area contributed by atoms with E-state index in [2.05, 4.69) is 15.2 Å². The van der Waals surface area contributed by atoms with Crippen LogP contribution in [0.25, 0.3) is 17.2 Å². The van der Waals surface area contributed by atoms with E-state index in [1.54, 1.807) is 37.0 Å². The van der Waals surface area contributed by atoms with Crippen LogP contribution in [0.1, 0.15) is 24.4 Å². The Morgan fingerprint density at radius 1 is 1.00 bits per heavy atom. The van der Waals surface area contributed by atoms with Crippen LogP contribution >= 0.6 is 0 Å². The molecule has 0 aliphatic heterocycles. The minimum absolute atomic E-state index is 0.00650. The van der Waals surface area contributed by atoms with E-state index < -0.39 is 23.7 Å². The summed E-state index contributed by atoms with van der Waals surface area (Å²) in [6, 6.07) is 12.2. The van der Waals surface area contributed by atoms with Crippen LogP contribution in [0.4, 0.5) is 17.6 Å². The van der Waals surface area contributed by atoms with Crippen molar-refractivity contribution in [2.45, 2.75) is 19.2 Å². The van der Waals surface area contributed by atoms with Gasteiger partial charge in [0, 0.05) is 13.2 Å². The SMILES string of the molecule is CC(Oc1ccccc1F)c1nc(-c2ccn(C)n2)nn1-c1cccc(C(F)(F)F)c1. The van der Waals surface area contributed by atoms with Gasteiger partial charge in [-0.25, -0.2) is 14.1 Å². The van der Waals surface area contributed by atoms with Crippen LogP contribution in [0.3, 0.4) is 0 Å². The molecular weight excluding hydrogens is 414 g/mol. The average molecular weight is 431 g/mol. The Labute approximate surface area is 174 Å². The summed E-state index contributed by atoms with van der Waals surface area (Å²) in [5, 5.41) is 8.60. The molecule has 0 fully saturated rings. The number of nitrogens with zero attached hydrogens (tertiary/aromatic N) is 5. The summed E-state index contributed by atoms with van der Waals surface area (Å²) in [7, 11) is 1.72. The first-order valence-corrected chi connectivity index (χ1v) is 9.28. The van der Waals surface area contributed by atoms with Gasteiger partial charge in [0.15, 0.2) is 23.5 Å². The molecule has 160 valence electrons. The number of hydrogen-bond acceptors (Lipinski definition) is 4. The maximum atomic E-state index is 14.0. The molecule has 0 aliphatic carbocycles. The summed E-state index contributed by atoms with van der Waals surface area (Å²) >= 11 is 0. The lowest BCUT2D eigenvalue weighted by Gasteiger charge is -2.16. The molecule has 31 heavy (non-hydrogen) atoms. The maximum Gasteiger partial charge on any atom is 0.416 e. The molecule has 2 aromatic heterocycles. The first-order chi connectivity index (χ1) is 14.7. The third kappa shape index (κ3) is 4.27. The molecule has 0 N–H and O–H groups in total. The first-order valence-electron chi connectivity index (χ1n) is 9.28. The van der Waals surface area contributed by atoms with E-state index >= 15 is 0 Å². The van der Waals surface area contributed by atoms with Crippen molar-refractivity contribution in [3.05, 3.63) is 78.0 Å². The summed E-state index contributed by atoms with van der Waals surface area (Å²) in [4.78, 5) is 4.44. The molecule has 4 aromatic rings. The highest BCUT2D eigenvalue weighted by Gasteiger charge is 2.31. The summed E-state index contributed by atoms with van der Waals surface area (Å²) in [5.74, 6) is -0.169. The van der Waals surface area contributed by atoms with E-state index in [1.807, 2.05) is 0 Å². The summed E-state index contributed by atoms with van der Waals surface area (Å²) in [6.45, 7) is 1.61. The van der Waals surface area contributed by atoms with Crippen molar-refractivity contribution in [2.75, 3.05) is 0 Å². The second-order valence-electron chi connectivity index (χ2n) is 6.82. The lowest BCUT2D eigenvalue weighted by atomic mass is 10.2. The molecule has 2 aromatic carbocycles. The highest BCUT2D eigenvalue weighted by molar-refractivity contribution is 5.49. The van der Waals surface area contributed by atoms with Crippen LogP contribution in [0.5, 0.6) is 5.75 Å². The molecule has 2 heterocycles. The number of para-hydroxylation sites is 1. The van der Waals surface area contributed by atoms with Crippen LogP contribution in [0.15, 0.2) is 60.8 Å². The third-order valence-electron chi connectivity index (χ3n) is 4.50. The normalized spacial score (nSPS) is 12.7. The molecule has 0 radical (unpaired) electrons. The van der Waals surface area contributed by atoms with Crippen molar-refractivity contribution >= 4 is 0 Å². The molecular formula is C21H17F4N5O. The van der Waals surface area contributed by atoms with Gasteiger partial charge in [0.05, 0.1) is 11.3 Å². The molecule has 0 saturated carbocycles. The van der Waals surface area contributed by atoms with Crippen LogP contribution < -0.4 is 4.74 Å². The van der Waals surface area contributed by atoms with Crippen molar-refractivity contribution in [1.29, 1.82) is 0 Å². The Kier molecular flexibility index (Phi) is 5.22. The van der Waals surface area contributed by atoms with Crippen LogP contribution in [-0.2, 0) is 13.2 Å². The number of alkyl halides is 3. The van der Waals surface area contributed by atoms with Crippen LogP contribution in [0.2, 0.25) is 0 Å². The summed E-state index contributed by atoms with van der Waals surface area (Å²) in [5.41, 5.74) is -0.246. The summed E-state index contributed by atoms with van der Waals surface area (Å²) < 4.78 is 62.2. The van der Waals surface area contributed by atoms with Gasteiger partial charge in [0.2, 0.25) is 5.82 Å². The molecule has 0 amide bonds. The fourth-order valence-electron chi connectivity index (χ4n) is 3.02. The van der Waals surface area contributed by atoms with Crippen LogP contribution in [0, 0.1) is 5.82 Å². The van der Waals surface area contributed by atoms with Gasteiger partial charge in [-0.05, 0) is 43.3 Å². The van der Waals surface area contributed by atoms with Gasteiger partial charge in [-0.15, -0.1) is 5.10 Å². The third-order valence-corrected chi connectivity index (χ3v) is 4.50. The molecule has 4 rings (SSSR count). The van der Waals surface area contributed by atoms with Gasteiger partial charge in [-0.3, -0.25) is 4.68 Å². The lowest BCUT2D eigenvalue weighted by Crippen LogP contribution is -2.13. The fourth-order valence-corrected chi connectivity index (χ4v) is 3.02. The molecule has 0 aliphatic rings. The van der Waals surface area contributed by atoms with Gasteiger partial charge in [-0.2, -0.15) is 18.3 Å². The van der Waals surface area contributed by atoms with E-state index in [-0.39, 0.29) is 23.1 Å². The van der Waals surface area contributed by atoms with E-state index in [0.29, 0.717) is 5.69 Å². The Hall–Kier alpha value is -3.69. The van der Waals surface area contributed by atoms with Crippen molar-refractivity contribution in [3.8, 4) is 23.0 Å². The second-order valence-corrected chi connectivity index (χ2v) is 6.82. The zero-order valence-electron chi connectivity index (χ0n) is 16.5. The first kappa shape index (κ1) is 20.6. The Morgan fingerprint density at radius 3 is 2.45 bits per heavy atom. The van der Waals surface area contributed by atoms with Crippen LogP contribution in [-0.4, -0.2) is 24.5 Å². The molecule has 0 bridgehead atoms. The number of aromatic nitrogens is 5. The standard InChI is InChI=1S/C21H17F4N5O/c1-13(31-18-9-4-3-8-16(18)22)20-26-19(17-10-11-29(2)27-17)28-30(20)15-7-5-6-14(12-15)21(23,24)25/h3-13H,1-2H3. The van der Waals surface area contributed by atoms with Gasteiger partial charge in [0.1, 0.15) is 5.69 Å². The number of rotatable bonds is 5. The largest absolute Gasteiger partial charge is 0.480 e. The number of aryl methyl sites for hydroxylation is 1. The van der Waals surface area contributed by atoms with E-state index in [9.17, 15) is 17.6 Å². The molecule has 0 spiro atoms. The minimum atomic E-state index is -4.52. The van der Waals surface area contributed by atoms with Crippen molar-refractivity contribution in [3.63, 3.8) is 0 Å². The second kappa shape index (κ2) is 7.86. The zero-order chi connectivity index (χ0) is 22.2. The van der Waals surface area contributed by atoms with E-state index in [4.69, 9.17) is 4.74 Å². The topological polar surface area (TPSA) is 57.8 Å². The Bertz CT molecular complexity index is 1210. The summed E-state index contributed by atoms with van der Waals surface area (Å²) in [6.07, 6.45) is -3.65. The van der Waals surface area contributed by atoms with Gasteiger partial charge < -0.3 is 4.74 Å². The smallest absolute Gasteiger partial charge is 0.416 e. The maximum absolute atomic E-state index is 14.0. The number of ether oxygens (including phenoxy) is 1. The molecule has 6 nitrogen and oxygen atoms in total. The van der Waals surface area contributed by atoms with E-state index in [1.165, 1.54) is 35.0 Å². The molecule has 10 heteroatoms. The van der Waals surface area contributed by atoms with Gasteiger partial charge in [-0.1, -0.05) is 18.2 Å². The highest BCUT2D eigenvalue weighted by Crippen LogP contribution is 2.32. The minimum Gasteiger partial charge on any atom is -0.480 e. The number of benzene rings is 2. The average Bonchev–Trinajstić information content (AvgIpc) is 3.36. The number of halogens is 4. The predicted molar refractivity (Wildman–Crippen MR) is 104 cm³/mol. The van der Waals surface area contributed by atoms with E-state index in [0.717, 1.165) is 12.1 Å². The molecule has 0 saturated heterocycles. The Morgan fingerprint density at radius 2 is 1.77 bits per heavy atom. The Balaban J connectivity index is 1.80. The van der Waals surface area contributed by atoms with Crippen molar-refractivity contribution in [2.24, 2.45) is 7.05 Å². The molecule has 1 atom stereocenters. The number of hydrogen-bond donors (Lipinski definition) is 0. The highest BCUT2D eigenvalue weighted by atomic mass is 19.4. The van der Waals surface area contributed by atoms with Crippen molar-refractivity contribution < 1.29 is 22.3 Å².